The number of benzene rings is 9. The van der Waals surface area contributed by atoms with E-state index in [2.05, 4.69) is 0 Å². The topological polar surface area (TPSA) is 16.4 Å². The van der Waals surface area contributed by atoms with E-state index in [0.29, 0.717) is 5.56 Å². The van der Waals surface area contributed by atoms with Crippen molar-refractivity contribution in [1.29, 1.82) is 0 Å². The number of hydrogen-bond acceptors (Lipinski definition) is 2. The Morgan fingerprint density at radius 1 is 0.365 bits per heavy atom. The SMILES string of the molecule is [2H]c1c([2H])c(N(c2ccc(-c3cccc4ccccc34)cc2)c2c([2H])c([2H])c(-c3c([2H])c([2H])c([2H])c4c([2H])c([2H])c([2H])c([2H])c34)c([2H])c2[2H])c([2H])c([2H])c1-c1c([2H])c([2H])c([2H])c2c1oc1c([2H])c([2H])c([2H])c([2H])c12. The molecule has 0 radical (unpaired) electrons. The minimum atomic E-state index is -0.914. The van der Waals surface area contributed by atoms with Crippen LogP contribution in [0.4, 0.5) is 17.1 Å². The Hall–Kier alpha value is -6.90. The van der Waals surface area contributed by atoms with Crippen molar-refractivity contribution in [2.75, 3.05) is 4.90 Å². The smallest absolute Gasteiger partial charge is 0.143 e. The zero-order valence-electron chi connectivity index (χ0n) is 48.7. The van der Waals surface area contributed by atoms with Crippen molar-refractivity contribution in [3.05, 3.63) is 200 Å². The number of fused-ring (bicyclic) bond motifs is 5. The predicted octanol–water partition coefficient (Wildman–Crippen LogP) is 14.4. The van der Waals surface area contributed by atoms with Crippen molar-refractivity contribution in [2.24, 2.45) is 0 Å². The Morgan fingerprint density at radius 3 is 1.79 bits per heavy atom. The lowest BCUT2D eigenvalue weighted by molar-refractivity contribution is 0.670. The Kier molecular flexibility index (Phi) is 3.63. The van der Waals surface area contributed by atoms with Crippen LogP contribution in [0.25, 0.3) is 76.9 Å². The van der Waals surface area contributed by atoms with E-state index < -0.39 is 189 Å². The van der Waals surface area contributed by atoms with Gasteiger partial charge in [-0.3, -0.25) is 0 Å². The summed E-state index contributed by atoms with van der Waals surface area (Å²) in [6.07, 6.45) is 0. The van der Waals surface area contributed by atoms with Gasteiger partial charge >= 0.3 is 0 Å². The van der Waals surface area contributed by atoms with E-state index in [0.717, 1.165) is 21.2 Å². The van der Waals surface area contributed by atoms with E-state index in [-0.39, 0.29) is 16.5 Å². The average Bonchev–Trinajstić information content (AvgIpc) is 3.83. The van der Waals surface area contributed by atoms with Crippen molar-refractivity contribution >= 4 is 60.5 Å². The lowest BCUT2D eigenvalue weighted by Gasteiger charge is -2.26. The Balaban J connectivity index is 1.28. The van der Waals surface area contributed by atoms with Gasteiger partial charge in [-0.05, 0) is 91.7 Å². The highest BCUT2D eigenvalue weighted by molar-refractivity contribution is 6.09. The van der Waals surface area contributed by atoms with E-state index in [1.165, 1.54) is 12.1 Å². The molecule has 0 spiro atoms. The molecule has 1 aromatic heterocycles. The van der Waals surface area contributed by atoms with Gasteiger partial charge < -0.3 is 9.32 Å². The molecule has 9 aromatic carbocycles. The second-order valence-corrected chi connectivity index (χ2v) is 11.6. The molecule has 244 valence electrons. The first-order chi connectivity index (χ1) is 35.0. The molecule has 0 aliphatic rings. The second-order valence-electron chi connectivity index (χ2n) is 11.6. The summed E-state index contributed by atoms with van der Waals surface area (Å²) in [6.45, 7) is 0. The van der Waals surface area contributed by atoms with Crippen LogP contribution < -0.4 is 4.90 Å². The zero-order chi connectivity index (χ0) is 53.6. The molecule has 10 rings (SSSR count). The first-order valence-electron chi connectivity index (χ1n) is 27.0. The number of nitrogens with zero attached hydrogens (tertiary/aromatic N) is 1. The van der Waals surface area contributed by atoms with Crippen molar-refractivity contribution < 1.29 is 34.6 Å². The number of hydrogen-bond donors (Lipinski definition) is 0. The fraction of sp³-hybridized carbons (Fsp3) is 0. The van der Waals surface area contributed by atoms with Crippen LogP contribution in [0.15, 0.2) is 204 Å². The first-order valence-corrected chi connectivity index (χ1v) is 16.0. The summed E-state index contributed by atoms with van der Waals surface area (Å²) in [5.41, 5.74) is -3.33. The van der Waals surface area contributed by atoms with Gasteiger partial charge in [0, 0.05) is 33.4 Å². The molecule has 0 aliphatic heterocycles. The van der Waals surface area contributed by atoms with Crippen LogP contribution in [0, 0.1) is 0 Å². The lowest BCUT2D eigenvalue weighted by Crippen LogP contribution is -2.09. The van der Waals surface area contributed by atoms with Gasteiger partial charge in [0.25, 0.3) is 0 Å². The summed E-state index contributed by atoms with van der Waals surface area (Å²) in [5.74, 6) is 0. The highest BCUT2D eigenvalue weighted by Crippen LogP contribution is 2.41. The molecule has 0 saturated carbocycles. The van der Waals surface area contributed by atoms with Crippen LogP contribution in [0.5, 0.6) is 0 Å². The summed E-state index contributed by atoms with van der Waals surface area (Å²) in [7, 11) is 0. The van der Waals surface area contributed by atoms with E-state index >= 15 is 0 Å². The minimum absolute atomic E-state index is 0.0277. The summed E-state index contributed by atoms with van der Waals surface area (Å²) < 4.78 is 203. The van der Waals surface area contributed by atoms with E-state index in [9.17, 15) is 11.0 Å². The molecule has 0 bridgehead atoms. The Bertz CT molecular complexity index is 4100. The number of para-hydroxylation sites is 2. The molecule has 52 heavy (non-hydrogen) atoms. The van der Waals surface area contributed by atoms with E-state index in [4.69, 9.17) is 23.6 Å². The Morgan fingerprint density at radius 2 is 0.981 bits per heavy atom. The molecule has 0 saturated heterocycles. The maximum Gasteiger partial charge on any atom is 0.143 e. The standard InChI is InChI=1S/C50H33NO/c1-3-14-42-34(10-1)12-7-17-44(42)36-22-28-39(29-23-36)51(40-30-24-37(25-31-40)45-18-8-13-35-11-2-4-15-43(35)45)41-32-26-38(27-33-41)46-19-9-20-48-47-16-5-6-21-49(47)52-50(46)48/h1-33H/i1D,3D,5D,6D,7D,9D,10D,12D,14D,16D,17D,19D,20D,21D,22D,23D,26D,27D,28D,29D,32D,33D. The largest absolute Gasteiger partial charge is 0.455 e. The molecule has 1 heterocycles. The summed E-state index contributed by atoms with van der Waals surface area (Å²) in [5, 5.41) is 0.123. The first kappa shape index (κ1) is 15.1. The van der Waals surface area contributed by atoms with Gasteiger partial charge in [-0.15, -0.1) is 0 Å². The van der Waals surface area contributed by atoms with Gasteiger partial charge in [0.2, 0.25) is 0 Å². The minimum Gasteiger partial charge on any atom is -0.455 e. The molecule has 0 amide bonds. The second kappa shape index (κ2) is 12.5. The molecule has 0 N–H and O–H groups in total. The van der Waals surface area contributed by atoms with Gasteiger partial charge in [-0.1, -0.05) is 157 Å². The molecule has 0 aliphatic carbocycles. The molecule has 10 aromatic rings. The zero-order valence-corrected chi connectivity index (χ0v) is 26.7. The third-order valence-corrected chi connectivity index (χ3v) is 8.65. The van der Waals surface area contributed by atoms with E-state index in [1.807, 2.05) is 42.5 Å². The molecule has 0 fully saturated rings. The molecular formula is C50H33NO. The summed E-state index contributed by atoms with van der Waals surface area (Å²) in [6, 6.07) is 1.88. The van der Waals surface area contributed by atoms with Crippen LogP contribution in [-0.2, 0) is 0 Å². The number of anilines is 3. The van der Waals surface area contributed by atoms with Gasteiger partial charge in [0.05, 0.1) is 30.2 Å². The molecule has 0 unspecified atom stereocenters. The third-order valence-electron chi connectivity index (χ3n) is 8.65. The van der Waals surface area contributed by atoms with Crippen molar-refractivity contribution in [1.82, 2.24) is 0 Å². The Labute approximate surface area is 333 Å². The lowest BCUT2D eigenvalue weighted by atomic mass is 9.97. The molecule has 0 atom stereocenters. The van der Waals surface area contributed by atoms with Gasteiger partial charge in [-0.2, -0.15) is 0 Å². The molecular weight excluding hydrogens is 631 g/mol. The van der Waals surface area contributed by atoms with Crippen LogP contribution in [-0.4, -0.2) is 0 Å². The van der Waals surface area contributed by atoms with Crippen LogP contribution >= 0.6 is 0 Å². The van der Waals surface area contributed by atoms with Gasteiger partial charge in [0.1, 0.15) is 11.2 Å². The van der Waals surface area contributed by atoms with Crippen LogP contribution in [0.2, 0.25) is 0 Å². The third kappa shape index (κ3) is 5.12. The summed E-state index contributed by atoms with van der Waals surface area (Å²) in [4.78, 5) is 0.960. The van der Waals surface area contributed by atoms with Gasteiger partial charge in [-0.25, -0.2) is 0 Å². The molecule has 2 heteroatoms. The van der Waals surface area contributed by atoms with Crippen molar-refractivity contribution in [2.45, 2.75) is 0 Å². The number of furan rings is 1. The highest BCUT2D eigenvalue weighted by Gasteiger charge is 2.16. The van der Waals surface area contributed by atoms with Crippen molar-refractivity contribution in [3.8, 4) is 33.4 Å². The maximum absolute atomic E-state index is 9.62. The fourth-order valence-electron chi connectivity index (χ4n) is 6.23. The number of rotatable bonds is 6. The fourth-order valence-corrected chi connectivity index (χ4v) is 6.23. The molecule has 2 nitrogen and oxygen atoms in total. The average molecular weight is 686 g/mol. The normalized spacial score (nSPS) is 17.4. The predicted molar refractivity (Wildman–Crippen MR) is 220 cm³/mol. The maximum atomic E-state index is 9.62. The highest BCUT2D eigenvalue weighted by atomic mass is 16.3. The monoisotopic (exact) mass is 685 g/mol. The van der Waals surface area contributed by atoms with Gasteiger partial charge in [0.15, 0.2) is 0 Å². The van der Waals surface area contributed by atoms with E-state index in [1.54, 1.807) is 12.1 Å². The van der Waals surface area contributed by atoms with Crippen LogP contribution in [0.3, 0.4) is 0 Å². The summed E-state index contributed by atoms with van der Waals surface area (Å²) >= 11 is 0. The quantitative estimate of drug-likeness (QED) is 0.173. The van der Waals surface area contributed by atoms with Crippen LogP contribution in [0.1, 0.15) is 30.2 Å². The van der Waals surface area contributed by atoms with Crippen molar-refractivity contribution in [3.63, 3.8) is 0 Å².